The summed E-state index contributed by atoms with van der Waals surface area (Å²) >= 11 is 1.50. The summed E-state index contributed by atoms with van der Waals surface area (Å²) in [4.78, 5) is 16.2. The number of aromatic nitrogens is 3. The van der Waals surface area contributed by atoms with E-state index in [0.29, 0.717) is 10.9 Å². The summed E-state index contributed by atoms with van der Waals surface area (Å²) in [7, 11) is 0. The summed E-state index contributed by atoms with van der Waals surface area (Å²) < 4.78 is 8.56. The van der Waals surface area contributed by atoms with Crippen LogP contribution in [0.5, 0.6) is 5.75 Å². The molecule has 0 amide bonds. The number of nitrogens with one attached hydrogen (secondary N) is 1. The number of nitrogens with zero attached hydrogens (tertiary/aromatic N) is 3. The van der Waals surface area contributed by atoms with Crippen molar-refractivity contribution in [3.8, 4) is 5.75 Å². The molecule has 0 spiro atoms. The molecule has 33 heavy (non-hydrogen) atoms. The van der Waals surface area contributed by atoms with E-state index in [9.17, 15) is 0 Å². The van der Waals surface area contributed by atoms with Gasteiger partial charge in [0.15, 0.2) is 5.13 Å². The van der Waals surface area contributed by atoms with Gasteiger partial charge in [0.25, 0.3) is 0 Å². The maximum Gasteiger partial charge on any atom is 0.181 e. The Kier molecular flexibility index (Phi) is 9.14. The number of aliphatic hydroxyl groups excluding tert-OH is 1. The van der Waals surface area contributed by atoms with Gasteiger partial charge in [0, 0.05) is 30.6 Å². The lowest BCUT2D eigenvalue weighted by Gasteiger charge is -2.15. The molecule has 1 aromatic carbocycles. The van der Waals surface area contributed by atoms with Crippen LogP contribution in [0.15, 0.2) is 42.7 Å². The molecule has 0 atom stereocenters. The molecule has 9 heteroatoms. The molecule has 1 saturated carbocycles. The molecule has 1 aliphatic carbocycles. The van der Waals surface area contributed by atoms with Crippen molar-refractivity contribution < 1.29 is 9.84 Å². The molecule has 3 aromatic heterocycles. The Hall–Kier alpha value is -3.04. The van der Waals surface area contributed by atoms with Gasteiger partial charge in [-0.05, 0) is 29.7 Å². The van der Waals surface area contributed by atoms with Crippen LogP contribution in [0.2, 0.25) is 0 Å². The molecule has 0 unspecified atom stereocenters. The molecule has 0 aliphatic heterocycles. The van der Waals surface area contributed by atoms with Crippen LogP contribution in [0.3, 0.4) is 0 Å². The number of nitrogen functional groups attached to an aromatic ring is 1. The van der Waals surface area contributed by atoms with Gasteiger partial charge in [-0.25, -0.2) is 9.97 Å². The molecular formula is C24H31N5O3S. The zero-order valence-electron chi connectivity index (χ0n) is 18.9. The Morgan fingerprint density at radius 3 is 2.70 bits per heavy atom. The molecule has 4 N–H and O–H groups in total. The molecular weight excluding hydrogens is 438 g/mol. The summed E-state index contributed by atoms with van der Waals surface area (Å²) in [5.74, 6) is 1.74. The van der Waals surface area contributed by atoms with E-state index in [1.807, 2.05) is 35.0 Å². The number of aliphatic hydroxyl groups is 1. The third-order valence-electron chi connectivity index (χ3n) is 5.67. The number of ether oxygens (including phenoxy) is 1. The molecule has 5 rings (SSSR count). The van der Waals surface area contributed by atoms with Gasteiger partial charge in [0.2, 0.25) is 0 Å². The van der Waals surface area contributed by atoms with E-state index in [4.69, 9.17) is 20.5 Å². The number of fused-ring (bicyclic) bond motifs is 2. The average Bonchev–Trinajstić information content (AvgIpc) is 3.41. The molecule has 1 aliphatic rings. The highest BCUT2D eigenvalue weighted by Crippen LogP contribution is 2.26. The Labute approximate surface area is 197 Å². The number of nitroso groups, excluding NO2 is 1. The zero-order chi connectivity index (χ0) is 23.6. The highest BCUT2D eigenvalue weighted by Gasteiger charge is 2.08. The van der Waals surface area contributed by atoms with E-state index < -0.39 is 0 Å². The van der Waals surface area contributed by atoms with E-state index in [2.05, 4.69) is 34.6 Å². The monoisotopic (exact) mass is 469 g/mol. The van der Waals surface area contributed by atoms with Crippen molar-refractivity contribution in [2.45, 2.75) is 45.4 Å². The lowest BCUT2D eigenvalue weighted by Crippen LogP contribution is -2.02. The van der Waals surface area contributed by atoms with E-state index >= 15 is 0 Å². The van der Waals surface area contributed by atoms with Crippen LogP contribution >= 0.6 is 11.3 Å². The number of hydrogen-bond acceptors (Lipinski definition) is 8. The number of hydrogen-bond donors (Lipinski definition) is 3. The SMILES string of the molecule is CC1CCCCC1.N=O.Nc1nc2ccc(Cc3cnc4cc(OCCO)ccn34)cc2s1. The first-order chi connectivity index (χ1) is 16.1. The fourth-order valence-electron chi connectivity index (χ4n) is 4.01. The molecule has 0 saturated heterocycles. The van der Waals surface area contributed by atoms with Crippen LogP contribution in [-0.4, -0.2) is 32.7 Å². The van der Waals surface area contributed by atoms with Gasteiger partial charge < -0.3 is 20.0 Å². The predicted molar refractivity (Wildman–Crippen MR) is 133 cm³/mol. The van der Waals surface area contributed by atoms with Crippen LogP contribution in [0.1, 0.15) is 50.3 Å². The predicted octanol–water partition coefficient (Wildman–Crippen LogP) is 5.41. The van der Waals surface area contributed by atoms with Crippen LogP contribution in [0.25, 0.3) is 15.9 Å². The second-order valence-electron chi connectivity index (χ2n) is 8.19. The molecule has 0 bridgehead atoms. The van der Waals surface area contributed by atoms with E-state index in [1.54, 1.807) is 0 Å². The highest BCUT2D eigenvalue weighted by molar-refractivity contribution is 7.22. The fourth-order valence-corrected chi connectivity index (χ4v) is 4.81. The summed E-state index contributed by atoms with van der Waals surface area (Å²) in [6.45, 7) is 2.64. The van der Waals surface area contributed by atoms with Gasteiger partial charge in [-0.2, -0.15) is 4.91 Å². The number of imidazole rings is 1. The van der Waals surface area contributed by atoms with E-state index in [0.717, 1.165) is 33.9 Å². The van der Waals surface area contributed by atoms with Crippen molar-refractivity contribution in [1.29, 1.82) is 5.59 Å². The van der Waals surface area contributed by atoms with Crippen molar-refractivity contribution in [2.24, 2.45) is 5.92 Å². The molecule has 4 aromatic rings. The first kappa shape index (κ1) is 24.6. The van der Waals surface area contributed by atoms with Gasteiger partial charge in [-0.15, -0.1) is 0 Å². The van der Waals surface area contributed by atoms with Crippen molar-refractivity contribution >= 4 is 32.3 Å². The average molecular weight is 470 g/mol. The van der Waals surface area contributed by atoms with Gasteiger partial charge in [0.05, 0.1) is 16.8 Å². The van der Waals surface area contributed by atoms with Gasteiger partial charge in [-0.1, -0.05) is 62.0 Å². The standard InChI is InChI=1S/C17H16N4O2S.C7H14.HNO/c18-17-20-14-2-1-11(8-15(14)24-17)7-12-10-19-16-9-13(23-6-5-22)3-4-21(12)16;1-7-5-3-2-4-6-7;1-2/h1-4,8-10,22H,5-7H2,(H2,18,20);7H,2-6H2,1H3;1H. The Morgan fingerprint density at radius 1 is 1.21 bits per heavy atom. The quantitative estimate of drug-likeness (QED) is 0.336. The maximum atomic E-state index is 8.83. The van der Waals surface area contributed by atoms with Gasteiger partial charge in [-0.3, -0.25) is 0 Å². The van der Waals surface area contributed by atoms with Crippen molar-refractivity contribution in [2.75, 3.05) is 18.9 Å². The lowest BCUT2D eigenvalue weighted by molar-refractivity contribution is 0.201. The second kappa shape index (κ2) is 12.3. The number of rotatable bonds is 5. The zero-order valence-corrected chi connectivity index (χ0v) is 19.7. The van der Waals surface area contributed by atoms with Crippen molar-refractivity contribution in [3.63, 3.8) is 0 Å². The highest BCUT2D eigenvalue weighted by atomic mass is 32.1. The second-order valence-corrected chi connectivity index (χ2v) is 9.25. The lowest BCUT2D eigenvalue weighted by atomic mass is 9.91. The Balaban J connectivity index is 0.000000289. The van der Waals surface area contributed by atoms with E-state index in [-0.39, 0.29) is 13.2 Å². The van der Waals surface area contributed by atoms with Crippen LogP contribution in [0, 0.1) is 16.4 Å². The number of nitrogens with two attached hydrogens (primary N) is 1. The minimum absolute atomic E-state index is 0.00452. The topological polar surface area (TPSA) is 127 Å². The summed E-state index contributed by atoms with van der Waals surface area (Å²) in [6.07, 6.45) is 12.0. The first-order valence-corrected chi connectivity index (χ1v) is 12.0. The van der Waals surface area contributed by atoms with Crippen LogP contribution in [0.4, 0.5) is 5.13 Å². The Bertz CT molecular complexity index is 1150. The first-order valence-electron chi connectivity index (χ1n) is 11.2. The van der Waals surface area contributed by atoms with Crippen molar-refractivity contribution in [1.82, 2.24) is 14.4 Å². The van der Waals surface area contributed by atoms with Crippen LogP contribution in [-0.2, 0) is 6.42 Å². The summed E-state index contributed by atoms with van der Waals surface area (Å²) in [5.41, 5.74) is 14.3. The summed E-state index contributed by atoms with van der Waals surface area (Å²) in [5, 5.41) is 9.42. The number of pyridine rings is 1. The number of thiazole rings is 1. The number of benzene rings is 1. The molecule has 176 valence electrons. The Morgan fingerprint density at radius 2 is 2.00 bits per heavy atom. The summed E-state index contributed by atoms with van der Waals surface area (Å²) in [6, 6.07) is 9.94. The third-order valence-corrected chi connectivity index (χ3v) is 6.52. The molecule has 0 radical (unpaired) electrons. The molecule has 1 fully saturated rings. The van der Waals surface area contributed by atoms with E-state index in [1.165, 1.54) is 49.0 Å². The molecule has 3 heterocycles. The van der Waals surface area contributed by atoms with Crippen LogP contribution < -0.4 is 10.5 Å². The fraction of sp³-hybridized carbons (Fsp3) is 0.417. The minimum atomic E-state index is -0.00452. The smallest absolute Gasteiger partial charge is 0.181 e. The number of anilines is 1. The normalized spacial score (nSPS) is 13.8. The molecule has 8 nitrogen and oxygen atoms in total. The largest absolute Gasteiger partial charge is 0.491 e. The maximum absolute atomic E-state index is 8.83. The van der Waals surface area contributed by atoms with Gasteiger partial charge >= 0.3 is 0 Å². The minimum Gasteiger partial charge on any atom is -0.491 e. The van der Waals surface area contributed by atoms with Crippen molar-refractivity contribution in [3.05, 3.63) is 58.9 Å². The third kappa shape index (κ3) is 6.72. The van der Waals surface area contributed by atoms with Gasteiger partial charge in [0.1, 0.15) is 18.0 Å².